The molecule has 1 aliphatic carbocycles. The molecule has 0 radical (unpaired) electrons. The third-order valence-electron chi connectivity index (χ3n) is 5.09. The SMILES string of the molecule is Cc1ccc(S(=O)(=O)OCC23CC(CO2)C3(C)C)cc1. The van der Waals surface area contributed by atoms with Crippen molar-refractivity contribution in [2.24, 2.45) is 11.3 Å². The number of aryl methyl sites for hydroxylation is 1. The van der Waals surface area contributed by atoms with Gasteiger partial charge in [0.05, 0.1) is 23.7 Å². The molecule has 5 heteroatoms. The summed E-state index contributed by atoms with van der Waals surface area (Å²) < 4.78 is 35.4. The quantitative estimate of drug-likeness (QED) is 0.801. The van der Waals surface area contributed by atoms with Crippen molar-refractivity contribution < 1.29 is 17.3 Å². The molecule has 1 aromatic rings. The summed E-state index contributed by atoms with van der Waals surface area (Å²) in [6, 6.07) is 6.69. The summed E-state index contributed by atoms with van der Waals surface area (Å²) >= 11 is 0. The van der Waals surface area contributed by atoms with E-state index < -0.39 is 15.7 Å². The summed E-state index contributed by atoms with van der Waals surface area (Å²) in [5.74, 6) is 0.521. The zero-order valence-corrected chi connectivity index (χ0v) is 12.9. The van der Waals surface area contributed by atoms with E-state index in [9.17, 15) is 8.42 Å². The Hall–Kier alpha value is -0.910. The number of hydrogen-bond donors (Lipinski definition) is 0. The average molecular weight is 296 g/mol. The van der Waals surface area contributed by atoms with Gasteiger partial charge in [0.1, 0.15) is 0 Å². The van der Waals surface area contributed by atoms with Crippen LogP contribution < -0.4 is 0 Å². The highest BCUT2D eigenvalue weighted by atomic mass is 32.2. The minimum absolute atomic E-state index is 0.00417. The maximum absolute atomic E-state index is 12.2. The second kappa shape index (κ2) is 4.29. The van der Waals surface area contributed by atoms with Crippen molar-refractivity contribution in [3.8, 4) is 0 Å². The Morgan fingerprint density at radius 3 is 2.45 bits per heavy atom. The molecular weight excluding hydrogens is 276 g/mol. The van der Waals surface area contributed by atoms with Crippen molar-refractivity contribution in [3.05, 3.63) is 29.8 Å². The number of ether oxygens (including phenoxy) is 1. The highest BCUT2D eigenvalue weighted by molar-refractivity contribution is 7.86. The van der Waals surface area contributed by atoms with Gasteiger partial charge in [-0.3, -0.25) is 4.18 Å². The van der Waals surface area contributed by atoms with Crippen LogP contribution in [0.5, 0.6) is 0 Å². The van der Waals surface area contributed by atoms with Crippen LogP contribution in [0.4, 0.5) is 0 Å². The van der Waals surface area contributed by atoms with Gasteiger partial charge in [-0.05, 0) is 31.4 Å². The fourth-order valence-electron chi connectivity index (χ4n) is 3.16. The van der Waals surface area contributed by atoms with Crippen LogP contribution in [-0.2, 0) is 19.0 Å². The lowest BCUT2D eigenvalue weighted by molar-refractivity contribution is -0.127. The molecule has 4 nitrogen and oxygen atoms in total. The molecule has 1 saturated carbocycles. The van der Waals surface area contributed by atoms with Crippen molar-refractivity contribution >= 4 is 10.1 Å². The lowest BCUT2D eigenvalue weighted by Gasteiger charge is -2.51. The monoisotopic (exact) mass is 296 g/mol. The van der Waals surface area contributed by atoms with Crippen molar-refractivity contribution in [2.45, 2.75) is 37.7 Å². The van der Waals surface area contributed by atoms with E-state index in [0.29, 0.717) is 12.5 Å². The van der Waals surface area contributed by atoms with Crippen molar-refractivity contribution in [1.29, 1.82) is 0 Å². The maximum atomic E-state index is 12.2. The van der Waals surface area contributed by atoms with Gasteiger partial charge in [0.25, 0.3) is 10.1 Å². The first-order chi connectivity index (χ1) is 9.27. The summed E-state index contributed by atoms with van der Waals surface area (Å²) in [7, 11) is -3.71. The van der Waals surface area contributed by atoms with Gasteiger partial charge >= 0.3 is 0 Å². The van der Waals surface area contributed by atoms with Gasteiger partial charge < -0.3 is 4.74 Å². The summed E-state index contributed by atoms with van der Waals surface area (Å²) in [5, 5.41) is 0. The molecule has 0 aromatic heterocycles. The first-order valence-electron chi connectivity index (χ1n) is 6.87. The minimum atomic E-state index is -3.71. The van der Waals surface area contributed by atoms with Crippen LogP contribution >= 0.6 is 0 Å². The van der Waals surface area contributed by atoms with E-state index in [1.807, 2.05) is 6.92 Å². The Labute approximate surface area is 120 Å². The minimum Gasteiger partial charge on any atom is -0.372 e. The molecule has 2 heterocycles. The fraction of sp³-hybridized carbons (Fsp3) is 0.600. The predicted octanol–water partition coefficient (Wildman–Crippen LogP) is 2.52. The molecule has 4 rings (SSSR count). The molecule has 2 unspecified atom stereocenters. The van der Waals surface area contributed by atoms with Crippen LogP contribution in [0.2, 0.25) is 0 Å². The van der Waals surface area contributed by atoms with E-state index in [2.05, 4.69) is 13.8 Å². The van der Waals surface area contributed by atoms with E-state index in [4.69, 9.17) is 8.92 Å². The standard InChI is InChI=1S/C15H20O4S/c1-11-4-6-13(7-5-11)20(16,17)19-10-15-8-12(9-18-15)14(15,2)3/h4-7,12H,8-10H2,1-3H3. The van der Waals surface area contributed by atoms with Gasteiger partial charge in [-0.25, -0.2) is 0 Å². The molecule has 20 heavy (non-hydrogen) atoms. The third-order valence-corrected chi connectivity index (χ3v) is 6.37. The zero-order chi connectivity index (χ0) is 14.6. The molecule has 2 atom stereocenters. The lowest BCUT2D eigenvalue weighted by atomic mass is 9.54. The third kappa shape index (κ3) is 1.91. The summed E-state index contributed by atoms with van der Waals surface area (Å²) in [4.78, 5) is 0.200. The Morgan fingerprint density at radius 2 is 1.95 bits per heavy atom. The van der Waals surface area contributed by atoms with Gasteiger partial charge in [-0.1, -0.05) is 31.5 Å². The van der Waals surface area contributed by atoms with Crippen LogP contribution in [-0.4, -0.2) is 27.2 Å². The number of benzene rings is 1. The number of fused-ring (bicyclic) bond motifs is 1. The summed E-state index contributed by atoms with van der Waals surface area (Å²) in [5.41, 5.74) is 0.579. The first-order valence-corrected chi connectivity index (χ1v) is 8.28. The molecule has 1 aromatic carbocycles. The summed E-state index contributed by atoms with van der Waals surface area (Å²) in [6.07, 6.45) is 0.892. The molecule has 0 amide bonds. The van der Waals surface area contributed by atoms with Crippen molar-refractivity contribution in [3.63, 3.8) is 0 Å². The van der Waals surface area contributed by atoms with Gasteiger partial charge in [0.2, 0.25) is 0 Å². The predicted molar refractivity (Wildman–Crippen MR) is 74.9 cm³/mol. The summed E-state index contributed by atoms with van der Waals surface area (Å²) in [6.45, 7) is 6.97. The van der Waals surface area contributed by atoms with Gasteiger partial charge in [0, 0.05) is 5.41 Å². The van der Waals surface area contributed by atoms with Crippen LogP contribution in [0, 0.1) is 18.3 Å². The molecule has 3 aliphatic rings. The Morgan fingerprint density at radius 1 is 1.30 bits per heavy atom. The first kappa shape index (κ1) is 14.0. The topological polar surface area (TPSA) is 52.6 Å². The van der Waals surface area contributed by atoms with Gasteiger partial charge in [-0.15, -0.1) is 0 Å². The van der Waals surface area contributed by atoms with Gasteiger partial charge in [-0.2, -0.15) is 8.42 Å². The Bertz CT molecular complexity index is 614. The average Bonchev–Trinajstić information content (AvgIpc) is 2.94. The number of hydrogen-bond acceptors (Lipinski definition) is 4. The molecule has 2 aliphatic heterocycles. The van der Waals surface area contributed by atoms with Crippen LogP contribution in [0.15, 0.2) is 29.2 Å². The zero-order valence-electron chi connectivity index (χ0n) is 12.0. The van der Waals surface area contributed by atoms with E-state index in [1.54, 1.807) is 24.3 Å². The second-order valence-electron chi connectivity index (χ2n) is 6.46. The number of rotatable bonds is 4. The molecule has 0 spiro atoms. The molecule has 2 saturated heterocycles. The highest BCUT2D eigenvalue weighted by Crippen LogP contribution is 2.62. The Balaban J connectivity index is 1.74. The molecular formula is C15H20O4S. The normalized spacial score (nSPS) is 31.1. The van der Waals surface area contributed by atoms with Crippen LogP contribution in [0.1, 0.15) is 25.8 Å². The highest BCUT2D eigenvalue weighted by Gasteiger charge is 2.66. The molecule has 2 bridgehead atoms. The smallest absolute Gasteiger partial charge is 0.297 e. The van der Waals surface area contributed by atoms with Crippen LogP contribution in [0.3, 0.4) is 0 Å². The van der Waals surface area contributed by atoms with E-state index in [0.717, 1.165) is 12.0 Å². The molecule has 3 fully saturated rings. The maximum Gasteiger partial charge on any atom is 0.297 e. The van der Waals surface area contributed by atoms with Crippen molar-refractivity contribution in [1.82, 2.24) is 0 Å². The molecule has 0 N–H and O–H groups in total. The van der Waals surface area contributed by atoms with E-state index in [-0.39, 0.29) is 16.9 Å². The van der Waals surface area contributed by atoms with E-state index >= 15 is 0 Å². The van der Waals surface area contributed by atoms with Crippen molar-refractivity contribution in [2.75, 3.05) is 13.2 Å². The van der Waals surface area contributed by atoms with Gasteiger partial charge in [0.15, 0.2) is 0 Å². The largest absolute Gasteiger partial charge is 0.372 e. The van der Waals surface area contributed by atoms with Crippen LogP contribution in [0.25, 0.3) is 0 Å². The Kier molecular flexibility index (Phi) is 3.01. The second-order valence-corrected chi connectivity index (χ2v) is 8.07. The fourth-order valence-corrected chi connectivity index (χ4v) is 4.11. The van der Waals surface area contributed by atoms with E-state index in [1.165, 1.54) is 0 Å². The molecule has 110 valence electrons. The lowest BCUT2D eigenvalue weighted by Crippen LogP contribution is -2.57.